The fourth-order valence-electron chi connectivity index (χ4n) is 2.12. The van der Waals surface area contributed by atoms with Crippen molar-refractivity contribution >= 4 is 0 Å². The minimum absolute atomic E-state index is 1.07. The summed E-state index contributed by atoms with van der Waals surface area (Å²) in [5, 5.41) is 0. The summed E-state index contributed by atoms with van der Waals surface area (Å²) in [6.07, 6.45) is 0. The van der Waals surface area contributed by atoms with E-state index < -0.39 is 0 Å². The molecule has 0 aliphatic carbocycles. The lowest BCUT2D eigenvalue weighted by molar-refractivity contribution is 1.20. The van der Waals surface area contributed by atoms with E-state index in [1.54, 1.807) is 0 Å². The van der Waals surface area contributed by atoms with Crippen molar-refractivity contribution in [1.82, 2.24) is 0 Å². The molecule has 2 aromatic rings. The van der Waals surface area contributed by atoms with Crippen LogP contribution in [0.3, 0.4) is 0 Å². The summed E-state index contributed by atoms with van der Waals surface area (Å²) >= 11 is 0. The van der Waals surface area contributed by atoms with Gasteiger partial charge in [0, 0.05) is 11.1 Å². The van der Waals surface area contributed by atoms with Gasteiger partial charge in [-0.2, -0.15) is 0 Å². The van der Waals surface area contributed by atoms with E-state index in [-0.39, 0.29) is 0 Å². The average Bonchev–Trinajstić information content (AvgIpc) is 2.41. The van der Waals surface area contributed by atoms with Crippen LogP contribution in [0.5, 0.6) is 0 Å². The molecule has 0 heterocycles. The van der Waals surface area contributed by atoms with Crippen molar-refractivity contribution in [3.05, 3.63) is 69.3 Å². The van der Waals surface area contributed by atoms with Gasteiger partial charge in [-0.25, -0.2) is 0 Å². The highest BCUT2D eigenvalue weighted by atomic mass is 14.1. The van der Waals surface area contributed by atoms with Gasteiger partial charge in [-0.15, -0.1) is 0 Å². The molecule has 2 aromatic carbocycles. The number of hydrogen-bond acceptors (Lipinski definition) is 0. The lowest BCUT2D eigenvalue weighted by Gasteiger charge is -2.10. The van der Waals surface area contributed by atoms with Gasteiger partial charge in [0.15, 0.2) is 0 Å². The van der Waals surface area contributed by atoms with Gasteiger partial charge in [0.05, 0.1) is 0 Å². The van der Waals surface area contributed by atoms with Crippen molar-refractivity contribution in [2.75, 3.05) is 0 Å². The molecule has 0 unspecified atom stereocenters. The number of aryl methyl sites for hydroxylation is 2. The zero-order chi connectivity index (χ0) is 14.0. The van der Waals surface area contributed by atoms with Crippen molar-refractivity contribution in [3.63, 3.8) is 0 Å². The number of rotatable bonds is 0. The van der Waals surface area contributed by atoms with E-state index >= 15 is 0 Å². The molecular weight excluding hydrogens is 228 g/mol. The van der Waals surface area contributed by atoms with Crippen LogP contribution in [0, 0.1) is 46.5 Å². The Morgan fingerprint density at radius 2 is 1.32 bits per heavy atom. The molecule has 0 amide bonds. The largest absolute Gasteiger partial charge is 0.0616 e. The lowest BCUT2D eigenvalue weighted by Crippen LogP contribution is -1.94. The van der Waals surface area contributed by atoms with Crippen LogP contribution in [-0.2, 0) is 0 Å². The van der Waals surface area contributed by atoms with Crippen LogP contribution in [0.1, 0.15) is 38.9 Å². The van der Waals surface area contributed by atoms with Gasteiger partial charge in [0.1, 0.15) is 0 Å². The number of benzene rings is 2. The molecule has 0 aliphatic rings. The van der Waals surface area contributed by atoms with Crippen LogP contribution in [0.4, 0.5) is 0 Å². The summed E-state index contributed by atoms with van der Waals surface area (Å²) < 4.78 is 0. The quantitative estimate of drug-likeness (QED) is 0.596. The third kappa shape index (κ3) is 2.88. The van der Waals surface area contributed by atoms with Gasteiger partial charge in [-0.3, -0.25) is 0 Å². The first-order valence-electron chi connectivity index (χ1n) is 6.65. The summed E-state index contributed by atoms with van der Waals surface area (Å²) in [7, 11) is 0. The Morgan fingerprint density at radius 1 is 0.684 bits per heavy atom. The summed E-state index contributed by atoms with van der Waals surface area (Å²) in [5.74, 6) is 6.56. The standard InChI is InChI=1S/C19H20/c1-13-6-8-18(9-7-13)10-11-19-12-14(2)15(3)16(4)17(19)5/h6-9,12H,1-5H3. The maximum absolute atomic E-state index is 3.31. The Bertz CT molecular complexity index is 662. The van der Waals surface area contributed by atoms with Crippen molar-refractivity contribution < 1.29 is 0 Å². The zero-order valence-electron chi connectivity index (χ0n) is 12.4. The van der Waals surface area contributed by atoms with Crippen LogP contribution >= 0.6 is 0 Å². The van der Waals surface area contributed by atoms with Gasteiger partial charge >= 0.3 is 0 Å². The topological polar surface area (TPSA) is 0 Å². The second-order valence-corrected chi connectivity index (χ2v) is 5.23. The van der Waals surface area contributed by atoms with Gasteiger partial charge in [-0.1, -0.05) is 29.5 Å². The highest BCUT2D eigenvalue weighted by Crippen LogP contribution is 2.20. The van der Waals surface area contributed by atoms with E-state index in [9.17, 15) is 0 Å². The van der Waals surface area contributed by atoms with Crippen LogP contribution in [-0.4, -0.2) is 0 Å². The molecule has 0 spiro atoms. The Morgan fingerprint density at radius 3 is 1.95 bits per heavy atom. The Hall–Kier alpha value is -2.00. The summed E-state index contributed by atoms with van der Waals surface area (Å²) in [6, 6.07) is 10.5. The Labute approximate surface area is 116 Å². The molecule has 19 heavy (non-hydrogen) atoms. The molecule has 0 radical (unpaired) electrons. The second kappa shape index (κ2) is 5.33. The van der Waals surface area contributed by atoms with Gasteiger partial charge in [0.2, 0.25) is 0 Å². The maximum atomic E-state index is 3.31. The number of hydrogen-bond donors (Lipinski definition) is 0. The molecule has 0 aliphatic heterocycles. The predicted octanol–water partition coefficient (Wildman–Crippen LogP) is 4.63. The van der Waals surface area contributed by atoms with E-state index in [0.29, 0.717) is 0 Å². The predicted molar refractivity (Wildman–Crippen MR) is 82.5 cm³/mol. The third-order valence-corrected chi connectivity index (χ3v) is 3.87. The molecule has 0 atom stereocenters. The molecule has 0 nitrogen and oxygen atoms in total. The van der Waals surface area contributed by atoms with Crippen molar-refractivity contribution in [3.8, 4) is 11.8 Å². The van der Waals surface area contributed by atoms with E-state index in [1.165, 1.54) is 27.8 Å². The van der Waals surface area contributed by atoms with Crippen molar-refractivity contribution in [1.29, 1.82) is 0 Å². The molecule has 0 N–H and O–H groups in total. The smallest absolute Gasteiger partial charge is 0.0283 e. The fourth-order valence-corrected chi connectivity index (χ4v) is 2.12. The second-order valence-electron chi connectivity index (χ2n) is 5.23. The minimum atomic E-state index is 1.07. The first kappa shape index (κ1) is 13.4. The zero-order valence-corrected chi connectivity index (χ0v) is 12.4. The molecule has 0 heteroatoms. The molecule has 0 fully saturated rings. The summed E-state index contributed by atoms with van der Waals surface area (Å²) in [4.78, 5) is 0. The van der Waals surface area contributed by atoms with Crippen molar-refractivity contribution in [2.45, 2.75) is 34.6 Å². The normalized spacial score (nSPS) is 9.95. The van der Waals surface area contributed by atoms with Gasteiger partial charge in [0.25, 0.3) is 0 Å². The highest BCUT2D eigenvalue weighted by molar-refractivity contribution is 5.53. The minimum Gasteiger partial charge on any atom is -0.0616 e. The van der Waals surface area contributed by atoms with Crippen LogP contribution in [0.25, 0.3) is 0 Å². The Balaban J connectivity index is 2.43. The summed E-state index contributed by atoms with van der Waals surface area (Å²) in [6.45, 7) is 10.7. The highest BCUT2D eigenvalue weighted by Gasteiger charge is 2.04. The Kier molecular flexibility index (Phi) is 3.76. The lowest BCUT2D eigenvalue weighted by atomic mass is 9.95. The van der Waals surface area contributed by atoms with E-state index in [4.69, 9.17) is 0 Å². The van der Waals surface area contributed by atoms with Gasteiger partial charge < -0.3 is 0 Å². The average molecular weight is 248 g/mol. The molecule has 96 valence electrons. The molecule has 0 saturated heterocycles. The van der Waals surface area contributed by atoms with E-state index in [0.717, 1.165) is 11.1 Å². The molecular formula is C19H20. The third-order valence-electron chi connectivity index (χ3n) is 3.87. The first-order chi connectivity index (χ1) is 8.99. The monoisotopic (exact) mass is 248 g/mol. The fraction of sp³-hybridized carbons (Fsp3) is 0.263. The SMILES string of the molecule is Cc1ccc(C#Cc2cc(C)c(C)c(C)c2C)cc1. The van der Waals surface area contributed by atoms with Crippen molar-refractivity contribution in [2.24, 2.45) is 0 Å². The molecule has 2 rings (SSSR count). The summed E-state index contributed by atoms with van der Waals surface area (Å²) in [5.41, 5.74) is 8.82. The van der Waals surface area contributed by atoms with E-state index in [2.05, 4.69) is 76.8 Å². The van der Waals surface area contributed by atoms with Gasteiger partial charge in [-0.05, 0) is 75.1 Å². The maximum Gasteiger partial charge on any atom is 0.0283 e. The first-order valence-corrected chi connectivity index (χ1v) is 6.65. The van der Waals surface area contributed by atoms with Crippen LogP contribution in [0.2, 0.25) is 0 Å². The molecule has 0 aromatic heterocycles. The van der Waals surface area contributed by atoms with Crippen LogP contribution in [0.15, 0.2) is 30.3 Å². The van der Waals surface area contributed by atoms with E-state index in [1.807, 2.05) is 0 Å². The molecule has 0 saturated carbocycles. The van der Waals surface area contributed by atoms with Crippen LogP contribution < -0.4 is 0 Å². The molecule has 0 bridgehead atoms.